The molecule has 4 nitrogen and oxygen atoms in total. The molecule has 78 valence electrons. The second-order valence-corrected chi connectivity index (χ2v) is 4.68. The lowest BCUT2D eigenvalue weighted by Gasteiger charge is -2.07. The third-order valence-corrected chi connectivity index (χ3v) is 2.93. The van der Waals surface area contributed by atoms with Gasteiger partial charge in [0.25, 0.3) is 0 Å². The number of nitrogens with zero attached hydrogens (tertiary/aromatic N) is 3. The first-order valence-corrected chi connectivity index (χ1v) is 6.00. The van der Waals surface area contributed by atoms with Crippen LogP contribution in [-0.2, 0) is 6.42 Å². The molecule has 0 aliphatic carbocycles. The number of halogens is 1. The third-order valence-electron chi connectivity index (χ3n) is 1.97. The Labute approximate surface area is 99.8 Å². The van der Waals surface area contributed by atoms with Crippen LogP contribution >= 0.6 is 27.5 Å². The van der Waals surface area contributed by atoms with Gasteiger partial charge in [0.05, 0.1) is 11.7 Å². The Morgan fingerprint density at radius 1 is 1.47 bits per heavy atom. The fraction of sp³-hybridized carbons (Fsp3) is 0.222. The summed E-state index contributed by atoms with van der Waals surface area (Å²) in [6.07, 6.45) is 4.28. The van der Waals surface area contributed by atoms with Gasteiger partial charge in [-0.3, -0.25) is 4.98 Å². The minimum absolute atomic E-state index is 0.111. The summed E-state index contributed by atoms with van der Waals surface area (Å²) in [4.78, 5) is 4.08. The van der Waals surface area contributed by atoms with Crippen molar-refractivity contribution >= 4 is 27.5 Å². The lowest BCUT2D eigenvalue weighted by Crippen LogP contribution is -2.13. The summed E-state index contributed by atoms with van der Waals surface area (Å²) in [5, 5.41) is 5.82. The Kier molecular flexibility index (Phi) is 3.40. The van der Waals surface area contributed by atoms with Crippen molar-refractivity contribution in [2.45, 2.75) is 12.5 Å². The molecule has 0 amide bonds. The van der Waals surface area contributed by atoms with Crippen LogP contribution in [0.3, 0.4) is 0 Å². The average molecular weight is 285 g/mol. The Hall–Kier alpha value is -0.850. The molecule has 0 aliphatic heterocycles. The van der Waals surface area contributed by atoms with Crippen LogP contribution in [0.5, 0.6) is 0 Å². The van der Waals surface area contributed by atoms with Gasteiger partial charge in [0.15, 0.2) is 0 Å². The molecule has 15 heavy (non-hydrogen) atoms. The highest BCUT2D eigenvalue weighted by molar-refractivity contribution is 9.10. The van der Waals surface area contributed by atoms with Gasteiger partial charge < -0.3 is 5.73 Å². The van der Waals surface area contributed by atoms with E-state index in [1.807, 2.05) is 17.6 Å². The Morgan fingerprint density at radius 2 is 2.33 bits per heavy atom. The molecule has 0 spiro atoms. The normalized spacial score (nSPS) is 12.7. The fourth-order valence-corrected chi connectivity index (χ4v) is 2.19. The van der Waals surface area contributed by atoms with Gasteiger partial charge in [-0.25, -0.2) is 0 Å². The molecule has 2 heterocycles. The van der Waals surface area contributed by atoms with Crippen LogP contribution in [0, 0.1) is 0 Å². The highest BCUT2D eigenvalue weighted by Gasteiger charge is 2.10. The summed E-state index contributed by atoms with van der Waals surface area (Å²) in [6.45, 7) is 0. The zero-order chi connectivity index (χ0) is 10.7. The second-order valence-electron chi connectivity index (χ2n) is 3.15. The van der Waals surface area contributed by atoms with Gasteiger partial charge in [-0.2, -0.15) is 0 Å². The zero-order valence-corrected chi connectivity index (χ0v) is 10.2. The van der Waals surface area contributed by atoms with Crippen molar-refractivity contribution in [2.75, 3.05) is 0 Å². The minimum atomic E-state index is -0.111. The monoisotopic (exact) mass is 284 g/mol. The number of aromatic nitrogens is 3. The third kappa shape index (κ3) is 2.80. The summed E-state index contributed by atoms with van der Waals surface area (Å²) in [7, 11) is 0. The van der Waals surface area contributed by atoms with Crippen molar-refractivity contribution in [3.8, 4) is 0 Å². The molecular formula is C9H9BrN4S. The number of hydrogen-bond donors (Lipinski definition) is 1. The van der Waals surface area contributed by atoms with E-state index < -0.39 is 0 Å². The average Bonchev–Trinajstić information content (AvgIpc) is 2.70. The standard InChI is InChI=1S/C9H9BrN4S/c10-7-1-6(3-12-4-7)2-8(11)9-5-15-14-13-9/h1,3-5,8H,2,11H2. The maximum absolute atomic E-state index is 5.98. The molecular weight excluding hydrogens is 276 g/mol. The molecule has 0 aliphatic rings. The first kappa shape index (κ1) is 10.7. The highest BCUT2D eigenvalue weighted by Crippen LogP contribution is 2.16. The van der Waals surface area contributed by atoms with Crippen LogP contribution in [0.25, 0.3) is 0 Å². The topological polar surface area (TPSA) is 64.7 Å². The van der Waals surface area contributed by atoms with Crippen molar-refractivity contribution in [2.24, 2.45) is 5.73 Å². The first-order chi connectivity index (χ1) is 7.25. The molecule has 2 rings (SSSR count). The predicted molar refractivity (Wildman–Crippen MR) is 62.5 cm³/mol. The van der Waals surface area contributed by atoms with E-state index in [0.717, 1.165) is 22.2 Å². The van der Waals surface area contributed by atoms with Crippen LogP contribution in [0.4, 0.5) is 0 Å². The summed E-state index contributed by atoms with van der Waals surface area (Å²) in [5.74, 6) is 0. The second kappa shape index (κ2) is 4.78. The lowest BCUT2D eigenvalue weighted by atomic mass is 10.1. The van der Waals surface area contributed by atoms with E-state index >= 15 is 0 Å². The molecule has 1 unspecified atom stereocenters. The maximum Gasteiger partial charge on any atom is 0.0925 e. The first-order valence-electron chi connectivity index (χ1n) is 4.37. The van der Waals surface area contributed by atoms with Crippen molar-refractivity contribution in [1.29, 1.82) is 0 Å². The molecule has 0 aromatic carbocycles. The van der Waals surface area contributed by atoms with Crippen LogP contribution in [-0.4, -0.2) is 14.6 Å². The SMILES string of the molecule is NC(Cc1cncc(Br)c1)c1csnn1. The quantitative estimate of drug-likeness (QED) is 0.936. The van der Waals surface area contributed by atoms with Gasteiger partial charge >= 0.3 is 0 Å². The molecule has 0 saturated heterocycles. The summed E-state index contributed by atoms with van der Waals surface area (Å²) in [5.41, 5.74) is 7.90. The predicted octanol–water partition coefficient (Wildman–Crippen LogP) is 1.94. The maximum atomic E-state index is 5.98. The van der Waals surface area contributed by atoms with Gasteiger partial charge in [0.1, 0.15) is 0 Å². The van der Waals surface area contributed by atoms with E-state index in [4.69, 9.17) is 5.73 Å². The number of hydrogen-bond acceptors (Lipinski definition) is 5. The molecule has 0 fully saturated rings. The summed E-state index contributed by atoms with van der Waals surface area (Å²) in [6, 6.07) is 1.90. The molecule has 2 aromatic heterocycles. The zero-order valence-electron chi connectivity index (χ0n) is 7.80. The number of rotatable bonds is 3. The van der Waals surface area contributed by atoms with Crippen molar-refractivity contribution in [3.05, 3.63) is 39.6 Å². The molecule has 2 N–H and O–H groups in total. The largest absolute Gasteiger partial charge is 0.322 e. The Balaban J connectivity index is 2.09. The van der Waals surface area contributed by atoms with E-state index in [9.17, 15) is 0 Å². The van der Waals surface area contributed by atoms with E-state index in [-0.39, 0.29) is 6.04 Å². The lowest BCUT2D eigenvalue weighted by molar-refractivity contribution is 0.690. The number of pyridine rings is 1. The Bertz CT molecular complexity index is 431. The highest BCUT2D eigenvalue weighted by atomic mass is 79.9. The molecule has 0 radical (unpaired) electrons. The van der Waals surface area contributed by atoms with Crippen molar-refractivity contribution in [3.63, 3.8) is 0 Å². The van der Waals surface area contributed by atoms with Crippen LogP contribution in [0.2, 0.25) is 0 Å². The van der Waals surface area contributed by atoms with E-state index in [1.165, 1.54) is 11.5 Å². The van der Waals surface area contributed by atoms with Gasteiger partial charge in [0.2, 0.25) is 0 Å². The molecule has 1 atom stereocenters. The van der Waals surface area contributed by atoms with Crippen LogP contribution in [0.1, 0.15) is 17.3 Å². The van der Waals surface area contributed by atoms with E-state index in [1.54, 1.807) is 6.20 Å². The molecule has 0 bridgehead atoms. The minimum Gasteiger partial charge on any atom is -0.322 e. The van der Waals surface area contributed by atoms with Crippen LogP contribution in [0.15, 0.2) is 28.3 Å². The molecule has 6 heteroatoms. The smallest absolute Gasteiger partial charge is 0.0925 e. The molecule has 0 saturated carbocycles. The van der Waals surface area contributed by atoms with Gasteiger partial charge in [0, 0.05) is 22.2 Å². The van der Waals surface area contributed by atoms with E-state index in [0.29, 0.717) is 0 Å². The number of nitrogens with two attached hydrogens (primary N) is 1. The molecule has 2 aromatic rings. The van der Waals surface area contributed by atoms with Crippen molar-refractivity contribution < 1.29 is 0 Å². The Morgan fingerprint density at radius 3 is 3.00 bits per heavy atom. The van der Waals surface area contributed by atoms with Gasteiger partial charge in [-0.05, 0) is 45.5 Å². The summed E-state index contributed by atoms with van der Waals surface area (Å²) >= 11 is 4.69. The van der Waals surface area contributed by atoms with Crippen LogP contribution < -0.4 is 5.73 Å². The fourth-order valence-electron chi connectivity index (χ4n) is 1.26. The van der Waals surface area contributed by atoms with Crippen molar-refractivity contribution in [1.82, 2.24) is 14.6 Å². The summed E-state index contributed by atoms with van der Waals surface area (Å²) < 4.78 is 4.75. The van der Waals surface area contributed by atoms with Gasteiger partial charge in [-0.15, -0.1) is 5.10 Å². The van der Waals surface area contributed by atoms with Gasteiger partial charge in [-0.1, -0.05) is 4.49 Å². The van der Waals surface area contributed by atoms with E-state index in [2.05, 4.69) is 30.5 Å².